The number of ether oxygens (including phenoxy) is 1. The fraction of sp³-hybridized carbons (Fsp3) is 0.345. The SMILES string of the molecule is COc1ncnc(C2CC2)c1-c1ncc2c(=O)n(C)c(=O)n(Cc3ccc(-c4nc(C(F)(F)F)cn4C(C)C)cc3)c2n1. The van der Waals surface area contributed by atoms with E-state index >= 15 is 0 Å². The van der Waals surface area contributed by atoms with Gasteiger partial charge in [-0.1, -0.05) is 24.3 Å². The Morgan fingerprint density at radius 2 is 1.77 bits per heavy atom. The van der Waals surface area contributed by atoms with Gasteiger partial charge in [-0.2, -0.15) is 13.2 Å². The third kappa shape index (κ3) is 5.06. The summed E-state index contributed by atoms with van der Waals surface area (Å²) in [6.45, 7) is 3.58. The van der Waals surface area contributed by atoms with E-state index in [4.69, 9.17) is 4.74 Å². The lowest BCUT2D eigenvalue weighted by Crippen LogP contribution is -2.38. The Morgan fingerprint density at radius 1 is 1.05 bits per heavy atom. The van der Waals surface area contributed by atoms with Crippen LogP contribution in [-0.4, -0.2) is 45.7 Å². The number of methoxy groups -OCH3 is 1. The first kappa shape index (κ1) is 28.2. The average Bonchev–Trinajstić information content (AvgIpc) is 3.73. The molecule has 0 aliphatic heterocycles. The Bertz CT molecular complexity index is 1970. The van der Waals surface area contributed by atoms with Crippen LogP contribution >= 0.6 is 0 Å². The summed E-state index contributed by atoms with van der Waals surface area (Å²) in [5.74, 6) is 0.915. The van der Waals surface area contributed by atoms with Gasteiger partial charge in [0, 0.05) is 37.0 Å². The average molecular weight is 593 g/mol. The number of nitrogens with zero attached hydrogens (tertiary/aromatic N) is 8. The van der Waals surface area contributed by atoms with Crippen LogP contribution in [0.4, 0.5) is 13.2 Å². The van der Waals surface area contributed by atoms with Crippen molar-refractivity contribution in [2.45, 2.75) is 51.4 Å². The minimum absolute atomic E-state index is 0.0323. The zero-order valence-corrected chi connectivity index (χ0v) is 23.8. The van der Waals surface area contributed by atoms with Crippen LogP contribution in [0.5, 0.6) is 5.88 Å². The highest BCUT2D eigenvalue weighted by atomic mass is 19.4. The molecule has 4 heterocycles. The largest absolute Gasteiger partial charge is 0.480 e. The summed E-state index contributed by atoms with van der Waals surface area (Å²) < 4.78 is 49.4. The Kier molecular flexibility index (Phi) is 6.86. The standard InChI is InChI=1S/C29H27F3N8O3/c1-15(2)39-13-20(29(30,31)32)36-24(39)18-7-5-16(6-8-18)12-40-25-19(27(41)38(3)28(40)42)11-33-23(37-25)21-22(17-9-10-17)34-14-35-26(21)43-4/h5-8,11,13-15,17H,9-10,12H2,1-4H3. The molecule has 43 heavy (non-hydrogen) atoms. The third-order valence-corrected chi connectivity index (χ3v) is 7.43. The molecule has 0 N–H and O–H groups in total. The zero-order chi connectivity index (χ0) is 30.6. The molecule has 0 unspecified atom stereocenters. The molecule has 1 saturated carbocycles. The third-order valence-electron chi connectivity index (χ3n) is 7.43. The summed E-state index contributed by atoms with van der Waals surface area (Å²) in [4.78, 5) is 48.0. The number of hydrogen-bond donors (Lipinski definition) is 0. The van der Waals surface area contributed by atoms with Gasteiger partial charge in [-0.3, -0.25) is 13.9 Å². The van der Waals surface area contributed by atoms with Crippen molar-refractivity contribution in [3.05, 3.63) is 80.8 Å². The van der Waals surface area contributed by atoms with E-state index in [-0.39, 0.29) is 47.1 Å². The maximum Gasteiger partial charge on any atom is 0.434 e. The van der Waals surface area contributed by atoms with E-state index in [0.29, 0.717) is 16.7 Å². The molecule has 1 fully saturated rings. The molecule has 0 atom stereocenters. The van der Waals surface area contributed by atoms with Gasteiger partial charge in [-0.15, -0.1) is 0 Å². The van der Waals surface area contributed by atoms with Crippen LogP contribution in [0.2, 0.25) is 0 Å². The molecule has 0 saturated heterocycles. The van der Waals surface area contributed by atoms with Crippen molar-refractivity contribution in [2.75, 3.05) is 7.11 Å². The lowest BCUT2D eigenvalue weighted by molar-refractivity contribution is -0.140. The molecule has 4 aromatic heterocycles. The van der Waals surface area contributed by atoms with E-state index in [0.717, 1.165) is 29.3 Å². The lowest BCUT2D eigenvalue weighted by Gasteiger charge is -2.14. The predicted molar refractivity (Wildman–Crippen MR) is 151 cm³/mol. The molecule has 14 heteroatoms. The number of halogens is 3. The highest BCUT2D eigenvalue weighted by molar-refractivity contribution is 5.77. The maximum atomic E-state index is 13.4. The number of fused-ring (bicyclic) bond motifs is 1. The molecule has 1 aliphatic carbocycles. The van der Waals surface area contributed by atoms with Crippen LogP contribution in [0.3, 0.4) is 0 Å². The Balaban J connectivity index is 1.44. The molecule has 11 nitrogen and oxygen atoms in total. The van der Waals surface area contributed by atoms with Gasteiger partial charge >= 0.3 is 11.9 Å². The second-order valence-electron chi connectivity index (χ2n) is 10.7. The molecule has 1 aromatic carbocycles. The molecular weight excluding hydrogens is 565 g/mol. The van der Waals surface area contributed by atoms with E-state index in [1.807, 2.05) is 0 Å². The van der Waals surface area contributed by atoms with E-state index in [2.05, 4.69) is 24.9 Å². The van der Waals surface area contributed by atoms with Gasteiger partial charge in [-0.25, -0.2) is 29.7 Å². The minimum Gasteiger partial charge on any atom is -0.480 e. The molecule has 0 radical (unpaired) electrons. The molecule has 0 amide bonds. The monoisotopic (exact) mass is 592 g/mol. The summed E-state index contributed by atoms with van der Waals surface area (Å²) in [5, 5.41) is 0.143. The van der Waals surface area contributed by atoms with Gasteiger partial charge in [0.2, 0.25) is 5.88 Å². The van der Waals surface area contributed by atoms with E-state index in [1.165, 1.54) is 35.8 Å². The van der Waals surface area contributed by atoms with Crippen LogP contribution in [0, 0.1) is 0 Å². The Labute approximate surface area is 242 Å². The first-order valence-electron chi connectivity index (χ1n) is 13.6. The van der Waals surface area contributed by atoms with Crippen LogP contribution in [0.15, 0.2) is 52.6 Å². The predicted octanol–water partition coefficient (Wildman–Crippen LogP) is 4.34. The first-order valence-corrected chi connectivity index (χ1v) is 13.6. The fourth-order valence-corrected chi connectivity index (χ4v) is 5.02. The molecule has 1 aliphatic rings. The number of hydrogen-bond acceptors (Lipinski definition) is 8. The van der Waals surface area contributed by atoms with Crippen molar-refractivity contribution in [2.24, 2.45) is 7.05 Å². The topological polar surface area (TPSA) is 123 Å². The number of benzene rings is 1. The Morgan fingerprint density at radius 3 is 2.40 bits per heavy atom. The van der Waals surface area contributed by atoms with E-state index in [9.17, 15) is 22.8 Å². The van der Waals surface area contributed by atoms with Gasteiger partial charge in [0.15, 0.2) is 17.2 Å². The fourth-order valence-electron chi connectivity index (χ4n) is 5.02. The lowest BCUT2D eigenvalue weighted by atomic mass is 10.1. The minimum atomic E-state index is -4.57. The molecule has 0 spiro atoms. The Hall–Kier alpha value is -4.88. The summed E-state index contributed by atoms with van der Waals surface area (Å²) in [6, 6.07) is 6.46. The van der Waals surface area contributed by atoms with Crippen molar-refractivity contribution >= 4 is 11.0 Å². The van der Waals surface area contributed by atoms with E-state index < -0.39 is 23.1 Å². The summed E-state index contributed by atoms with van der Waals surface area (Å²) in [6.07, 6.45) is 1.14. The molecule has 6 rings (SSSR count). The molecule has 222 valence electrons. The molecule has 0 bridgehead atoms. The van der Waals surface area contributed by atoms with Crippen LogP contribution in [-0.2, 0) is 19.8 Å². The van der Waals surface area contributed by atoms with E-state index in [1.54, 1.807) is 38.1 Å². The van der Waals surface area contributed by atoms with Crippen molar-refractivity contribution in [3.63, 3.8) is 0 Å². The maximum absolute atomic E-state index is 13.4. The normalized spacial score (nSPS) is 13.7. The highest BCUT2D eigenvalue weighted by Crippen LogP contribution is 2.44. The first-order chi connectivity index (χ1) is 20.5. The van der Waals surface area contributed by atoms with Crippen LogP contribution < -0.4 is 16.0 Å². The van der Waals surface area contributed by atoms with Crippen molar-refractivity contribution in [1.29, 1.82) is 0 Å². The quantitative estimate of drug-likeness (QED) is 0.274. The van der Waals surface area contributed by atoms with Crippen molar-refractivity contribution < 1.29 is 17.9 Å². The smallest absolute Gasteiger partial charge is 0.434 e. The second-order valence-corrected chi connectivity index (χ2v) is 10.7. The number of rotatable bonds is 7. The van der Waals surface area contributed by atoms with Gasteiger partial charge in [0.05, 0.1) is 19.3 Å². The van der Waals surface area contributed by atoms with Crippen molar-refractivity contribution in [3.8, 4) is 28.7 Å². The summed E-state index contributed by atoms with van der Waals surface area (Å²) in [5.41, 5.74) is 0.422. The van der Waals surface area contributed by atoms with Crippen LogP contribution in [0.25, 0.3) is 33.8 Å². The summed E-state index contributed by atoms with van der Waals surface area (Å²) in [7, 11) is 2.86. The van der Waals surface area contributed by atoms with Gasteiger partial charge in [0.1, 0.15) is 23.1 Å². The van der Waals surface area contributed by atoms with Gasteiger partial charge in [0.25, 0.3) is 5.56 Å². The number of imidazole rings is 1. The summed E-state index contributed by atoms with van der Waals surface area (Å²) >= 11 is 0. The second kappa shape index (κ2) is 10.4. The number of alkyl halides is 3. The van der Waals surface area contributed by atoms with Crippen molar-refractivity contribution in [1.82, 2.24) is 38.6 Å². The zero-order valence-electron chi connectivity index (χ0n) is 23.8. The number of aromatic nitrogens is 8. The van der Waals surface area contributed by atoms with Crippen LogP contribution in [0.1, 0.15) is 55.6 Å². The molecule has 5 aromatic rings. The molecular formula is C29H27F3N8O3. The van der Waals surface area contributed by atoms with Gasteiger partial charge in [-0.05, 0) is 32.3 Å². The van der Waals surface area contributed by atoms with Gasteiger partial charge < -0.3 is 9.30 Å². The highest BCUT2D eigenvalue weighted by Gasteiger charge is 2.35.